The molecule has 2 rings (SSSR count). The Morgan fingerprint density at radius 3 is 2.42 bits per heavy atom. The number of carbonyl (C=O) groups excluding carboxylic acids is 1. The van der Waals surface area contributed by atoms with Crippen LogP contribution in [0, 0.1) is 5.41 Å². The third-order valence-corrected chi connectivity index (χ3v) is 7.86. The number of nitrogens with one attached hydrogen (secondary N) is 1. The molecule has 2 heterocycles. The molecule has 2 N–H and O–H groups in total. The summed E-state index contributed by atoms with van der Waals surface area (Å²) in [4.78, 5) is 17.1. The van der Waals surface area contributed by atoms with Crippen LogP contribution in [0.4, 0.5) is 13.2 Å². The Hall–Kier alpha value is -2.58. The maximum atomic E-state index is 13.2. The summed E-state index contributed by atoms with van der Waals surface area (Å²) < 4.78 is 74.5. The smallest absolute Gasteiger partial charge is 0.397 e. The fourth-order valence-electron chi connectivity index (χ4n) is 3.63. The lowest BCUT2D eigenvalue weighted by atomic mass is 9.94. The number of aryl methyl sites for hydroxylation is 1. The van der Waals surface area contributed by atoms with Crippen LogP contribution in [0.2, 0.25) is 5.02 Å². The Balaban J connectivity index is 2.28. The van der Waals surface area contributed by atoms with Crippen molar-refractivity contribution in [1.29, 1.82) is 0 Å². The van der Waals surface area contributed by atoms with Crippen molar-refractivity contribution in [2.75, 3.05) is 32.3 Å². The van der Waals surface area contributed by atoms with Gasteiger partial charge in [0.15, 0.2) is 5.69 Å². The van der Waals surface area contributed by atoms with Crippen LogP contribution in [-0.4, -0.2) is 78.2 Å². The summed E-state index contributed by atoms with van der Waals surface area (Å²) >= 11 is 6.58. The normalized spacial score (nSPS) is 14.1. The molecule has 10 nitrogen and oxygen atoms in total. The molecule has 0 unspecified atom stereocenters. The monoisotopic (exact) mass is 612 g/mol. The molecule has 40 heavy (non-hydrogen) atoms. The predicted octanol–water partition coefficient (Wildman–Crippen LogP) is 4.29. The summed E-state index contributed by atoms with van der Waals surface area (Å²) in [5.41, 5.74) is -2.94. The predicted molar refractivity (Wildman–Crippen MR) is 145 cm³/mol. The number of hydrogen-bond acceptors (Lipinski definition) is 8. The van der Waals surface area contributed by atoms with E-state index in [0.717, 1.165) is 20.1 Å². The minimum Gasteiger partial charge on any atom is -0.496 e. The highest BCUT2D eigenvalue weighted by atomic mass is 35.5. The highest BCUT2D eigenvalue weighted by Gasteiger charge is 2.48. The number of nitrogens with zero attached hydrogens (tertiary/aromatic N) is 3. The lowest BCUT2D eigenvalue weighted by molar-refractivity contribution is -0.219. The van der Waals surface area contributed by atoms with Gasteiger partial charge in [-0.05, 0) is 40.0 Å². The highest BCUT2D eigenvalue weighted by Crippen LogP contribution is 2.40. The van der Waals surface area contributed by atoms with Gasteiger partial charge in [0.25, 0.3) is 5.91 Å². The van der Waals surface area contributed by atoms with Crippen LogP contribution in [0.3, 0.4) is 0 Å². The number of pyridine rings is 1. The first-order valence-corrected chi connectivity index (χ1v) is 15.0. The second kappa shape index (κ2) is 12.9. The Bertz CT molecular complexity index is 1300. The van der Waals surface area contributed by atoms with E-state index < -0.39 is 39.5 Å². The Labute approximate surface area is 237 Å². The summed E-state index contributed by atoms with van der Waals surface area (Å²) in [7, 11) is -1.83. The molecule has 0 aliphatic heterocycles. The van der Waals surface area contributed by atoms with E-state index >= 15 is 0 Å². The molecule has 0 aromatic carbocycles. The average molecular weight is 613 g/mol. The van der Waals surface area contributed by atoms with Crippen LogP contribution in [-0.2, 0) is 16.4 Å². The van der Waals surface area contributed by atoms with Crippen LogP contribution in [0.1, 0.15) is 57.4 Å². The first-order valence-electron chi connectivity index (χ1n) is 12.6. The van der Waals surface area contributed by atoms with E-state index in [-0.39, 0.29) is 53.9 Å². The van der Waals surface area contributed by atoms with Gasteiger partial charge in [0.05, 0.1) is 34.4 Å². The number of halogens is 4. The zero-order valence-electron chi connectivity index (χ0n) is 23.4. The van der Waals surface area contributed by atoms with Crippen LogP contribution in [0.25, 0.3) is 11.3 Å². The van der Waals surface area contributed by atoms with Crippen LogP contribution >= 0.6 is 11.6 Å². The van der Waals surface area contributed by atoms with Gasteiger partial charge in [-0.25, -0.2) is 13.4 Å². The molecule has 0 aliphatic carbocycles. The summed E-state index contributed by atoms with van der Waals surface area (Å²) in [5.74, 6) is -0.650. The molecule has 1 amide bonds. The topological polar surface area (TPSA) is 133 Å². The molecule has 226 valence electrons. The number of ether oxygens (including phenoxy) is 2. The molecule has 0 saturated carbocycles. The lowest BCUT2D eigenvalue weighted by Crippen LogP contribution is -2.43. The molecule has 0 spiro atoms. The van der Waals surface area contributed by atoms with Crippen molar-refractivity contribution in [2.45, 2.75) is 65.3 Å². The van der Waals surface area contributed by atoms with E-state index in [1.165, 1.54) is 24.1 Å². The number of methoxy groups -OCH3 is 1. The van der Waals surface area contributed by atoms with E-state index in [2.05, 4.69) is 15.4 Å². The summed E-state index contributed by atoms with van der Waals surface area (Å²) in [5, 5.41) is 17.7. The van der Waals surface area contributed by atoms with Crippen molar-refractivity contribution >= 4 is 27.3 Å². The molecule has 2 aromatic heterocycles. The molecule has 0 aliphatic rings. The van der Waals surface area contributed by atoms with Gasteiger partial charge < -0.3 is 19.9 Å². The van der Waals surface area contributed by atoms with Crippen molar-refractivity contribution in [3.8, 4) is 22.9 Å². The van der Waals surface area contributed by atoms with Gasteiger partial charge in [-0.15, -0.1) is 0 Å². The number of sulfone groups is 1. The number of rotatable bonds is 14. The molecule has 15 heteroatoms. The third-order valence-electron chi connectivity index (χ3n) is 6.47. The van der Waals surface area contributed by atoms with Crippen molar-refractivity contribution < 1.29 is 41.0 Å². The van der Waals surface area contributed by atoms with Gasteiger partial charge in [-0.2, -0.15) is 18.3 Å². The van der Waals surface area contributed by atoms with E-state index in [0.29, 0.717) is 17.8 Å². The molecule has 0 saturated heterocycles. The maximum Gasteiger partial charge on any atom is 0.397 e. The van der Waals surface area contributed by atoms with Crippen LogP contribution < -0.4 is 14.8 Å². The van der Waals surface area contributed by atoms with E-state index in [1.807, 2.05) is 0 Å². The minimum atomic E-state index is -4.47. The number of amides is 1. The fraction of sp³-hybridized carbons (Fsp3) is 0.640. The van der Waals surface area contributed by atoms with Gasteiger partial charge in [0.2, 0.25) is 5.88 Å². The molecule has 1 atom stereocenters. The average Bonchev–Trinajstić information content (AvgIpc) is 3.20. The molecule has 0 fully saturated rings. The van der Waals surface area contributed by atoms with Gasteiger partial charge >= 0.3 is 6.18 Å². The molecular formula is C25H36ClF3N4O6S. The standard InChI is InChI=1S/C25H36ClF3N4O6S/c1-7-24(35,10-9-11-40(6,36)37)14-31-22(34)20-19(26)21(33(8-2)32-20)16-13-30-18(12-17(16)38-5)39-15-23(3,4)25(27,28)29/h12-13,35H,7-11,14-15H2,1-6H3,(H,31,34)/t24-/m0/s1. The Morgan fingerprint density at radius 2 is 1.90 bits per heavy atom. The summed E-state index contributed by atoms with van der Waals surface area (Å²) in [6, 6.07) is 1.32. The summed E-state index contributed by atoms with van der Waals surface area (Å²) in [6.07, 6.45) is -1.38. The first-order chi connectivity index (χ1) is 18.4. The molecule has 0 radical (unpaired) electrons. The number of aromatic nitrogens is 3. The first kappa shape index (κ1) is 33.6. The summed E-state index contributed by atoms with van der Waals surface area (Å²) in [6.45, 7) is 5.00. The highest BCUT2D eigenvalue weighted by molar-refractivity contribution is 7.90. The molecule has 0 bridgehead atoms. The minimum absolute atomic E-state index is 0.0246. The van der Waals surface area contributed by atoms with Crippen molar-refractivity contribution in [3.05, 3.63) is 23.0 Å². The zero-order chi connectivity index (χ0) is 30.5. The van der Waals surface area contributed by atoms with Gasteiger partial charge in [0.1, 0.15) is 22.2 Å². The largest absolute Gasteiger partial charge is 0.496 e. The number of alkyl halides is 3. The van der Waals surface area contributed by atoms with Gasteiger partial charge in [-0.3, -0.25) is 9.48 Å². The van der Waals surface area contributed by atoms with Crippen LogP contribution in [0.15, 0.2) is 12.3 Å². The zero-order valence-corrected chi connectivity index (χ0v) is 24.9. The lowest BCUT2D eigenvalue weighted by Gasteiger charge is -2.27. The Morgan fingerprint density at radius 1 is 1.25 bits per heavy atom. The number of hydrogen-bond donors (Lipinski definition) is 2. The van der Waals surface area contributed by atoms with E-state index in [1.54, 1.807) is 13.8 Å². The van der Waals surface area contributed by atoms with Crippen molar-refractivity contribution in [1.82, 2.24) is 20.1 Å². The van der Waals surface area contributed by atoms with Gasteiger partial charge in [0, 0.05) is 37.4 Å². The molecular weight excluding hydrogens is 577 g/mol. The van der Waals surface area contributed by atoms with Crippen LogP contribution in [0.5, 0.6) is 11.6 Å². The van der Waals surface area contributed by atoms with E-state index in [9.17, 15) is 31.5 Å². The van der Waals surface area contributed by atoms with Crippen molar-refractivity contribution in [3.63, 3.8) is 0 Å². The van der Waals surface area contributed by atoms with E-state index in [4.69, 9.17) is 21.1 Å². The SMILES string of the molecule is CCn1nc(C(=O)NC[C@](O)(CC)CCCS(C)(=O)=O)c(Cl)c1-c1cnc(OCC(C)(C)C(F)(F)F)cc1OC. The maximum absolute atomic E-state index is 13.2. The molecule has 2 aromatic rings. The quantitative estimate of drug-likeness (QED) is 0.323. The second-order valence-electron chi connectivity index (χ2n) is 10.2. The number of aliphatic hydroxyl groups is 1. The van der Waals surface area contributed by atoms with Gasteiger partial charge in [-0.1, -0.05) is 18.5 Å². The second-order valence-corrected chi connectivity index (χ2v) is 12.9. The Kier molecular flexibility index (Phi) is 10.9. The van der Waals surface area contributed by atoms with Crippen molar-refractivity contribution in [2.24, 2.45) is 5.41 Å². The third kappa shape index (κ3) is 8.46. The fourth-order valence-corrected chi connectivity index (χ4v) is 4.63. The number of carbonyl (C=O) groups is 1.